The summed E-state index contributed by atoms with van der Waals surface area (Å²) in [5.74, 6) is -4.23. The van der Waals surface area contributed by atoms with E-state index in [1.807, 2.05) is 5.32 Å². The van der Waals surface area contributed by atoms with Crippen molar-refractivity contribution in [3.05, 3.63) is 22.4 Å². The molecular formula is C10H13F2N3O2S. The molecule has 5 nitrogen and oxygen atoms in total. The number of hydrogen-bond acceptors (Lipinski definition) is 4. The number of carbonyl (C=O) groups excluding carboxylic acids is 2. The lowest BCUT2D eigenvalue weighted by atomic mass is 10.3. The first-order valence-corrected chi connectivity index (χ1v) is 5.99. The summed E-state index contributed by atoms with van der Waals surface area (Å²) in [7, 11) is 0. The van der Waals surface area contributed by atoms with E-state index >= 15 is 0 Å². The smallest absolute Gasteiger partial charge is 0.277 e. The molecule has 0 unspecified atom stereocenters. The van der Waals surface area contributed by atoms with Crippen LogP contribution in [-0.2, 0) is 4.79 Å². The van der Waals surface area contributed by atoms with Gasteiger partial charge in [0.2, 0.25) is 5.91 Å². The van der Waals surface area contributed by atoms with Crippen molar-refractivity contribution < 1.29 is 18.4 Å². The minimum atomic E-state index is -3.13. The number of halogens is 2. The molecule has 0 fully saturated rings. The molecule has 0 aliphatic rings. The molecule has 0 radical (unpaired) electrons. The van der Waals surface area contributed by atoms with Gasteiger partial charge in [-0.05, 0) is 11.4 Å². The highest BCUT2D eigenvalue weighted by Gasteiger charge is 2.27. The van der Waals surface area contributed by atoms with Gasteiger partial charge in [0, 0.05) is 0 Å². The second kappa shape index (κ2) is 6.41. The average molecular weight is 277 g/mol. The molecule has 1 aromatic heterocycles. The van der Waals surface area contributed by atoms with Crippen molar-refractivity contribution in [3.63, 3.8) is 0 Å². The predicted molar refractivity (Wildman–Crippen MR) is 63.7 cm³/mol. The van der Waals surface area contributed by atoms with Gasteiger partial charge in [-0.15, -0.1) is 11.3 Å². The molecule has 2 amide bonds. The third kappa shape index (κ3) is 4.76. The highest BCUT2D eigenvalue weighted by atomic mass is 32.1. The monoisotopic (exact) mass is 277 g/mol. The molecule has 0 aliphatic carbocycles. The summed E-state index contributed by atoms with van der Waals surface area (Å²) in [4.78, 5) is 23.1. The fourth-order valence-electron chi connectivity index (χ4n) is 1.02. The Morgan fingerprint density at radius 3 is 2.67 bits per heavy atom. The van der Waals surface area contributed by atoms with Crippen molar-refractivity contribution in [1.29, 1.82) is 0 Å². The van der Waals surface area contributed by atoms with Crippen LogP contribution in [0.3, 0.4) is 0 Å². The molecule has 8 heteroatoms. The third-order valence-corrected chi connectivity index (χ3v) is 2.87. The van der Waals surface area contributed by atoms with E-state index in [0.717, 1.165) is 0 Å². The highest BCUT2D eigenvalue weighted by molar-refractivity contribution is 7.12. The minimum Gasteiger partial charge on any atom is -0.348 e. The Morgan fingerprint density at radius 1 is 1.39 bits per heavy atom. The van der Waals surface area contributed by atoms with E-state index in [0.29, 0.717) is 4.88 Å². The lowest BCUT2D eigenvalue weighted by molar-refractivity contribution is -0.121. The predicted octanol–water partition coefficient (Wildman–Crippen LogP) is 0.188. The van der Waals surface area contributed by atoms with Gasteiger partial charge in [-0.1, -0.05) is 6.07 Å². The summed E-state index contributed by atoms with van der Waals surface area (Å²) in [6.07, 6.45) is 0. The number of carbonyl (C=O) groups is 2. The van der Waals surface area contributed by atoms with E-state index in [2.05, 4.69) is 5.32 Å². The highest BCUT2D eigenvalue weighted by Crippen LogP contribution is 2.08. The molecule has 0 saturated heterocycles. The molecule has 0 spiro atoms. The van der Waals surface area contributed by atoms with E-state index < -0.39 is 30.8 Å². The van der Waals surface area contributed by atoms with Crippen LogP contribution in [0.2, 0.25) is 0 Å². The molecule has 1 rings (SSSR count). The summed E-state index contributed by atoms with van der Waals surface area (Å²) < 4.78 is 25.4. The number of hydrogen-bond donors (Lipinski definition) is 3. The zero-order chi connectivity index (χ0) is 13.6. The molecule has 100 valence electrons. The van der Waals surface area contributed by atoms with Gasteiger partial charge in [0.05, 0.1) is 24.5 Å². The third-order valence-electron chi connectivity index (χ3n) is 2.00. The van der Waals surface area contributed by atoms with Gasteiger partial charge >= 0.3 is 0 Å². The summed E-state index contributed by atoms with van der Waals surface area (Å²) >= 11 is 1.22. The van der Waals surface area contributed by atoms with Crippen LogP contribution >= 0.6 is 11.3 Å². The Bertz CT molecular complexity index is 409. The van der Waals surface area contributed by atoms with Crippen molar-refractivity contribution in [2.45, 2.75) is 5.92 Å². The lowest BCUT2D eigenvalue weighted by Gasteiger charge is -2.14. The molecule has 0 bridgehead atoms. The first-order chi connectivity index (χ1) is 8.44. The van der Waals surface area contributed by atoms with Crippen LogP contribution in [0, 0.1) is 0 Å². The number of alkyl halides is 2. The standard InChI is InChI=1S/C10H13F2N3O2S/c11-10(12,5-13)6-15-8(16)4-14-9(17)7-2-1-3-18-7/h1-3H,4-6,13H2,(H,14,17)(H,15,16). The van der Waals surface area contributed by atoms with E-state index in [1.165, 1.54) is 11.3 Å². The van der Waals surface area contributed by atoms with Crippen molar-refractivity contribution in [2.24, 2.45) is 5.73 Å². The molecule has 1 heterocycles. The molecule has 0 aliphatic heterocycles. The zero-order valence-electron chi connectivity index (χ0n) is 9.41. The van der Waals surface area contributed by atoms with Crippen LogP contribution in [-0.4, -0.2) is 37.4 Å². The maximum atomic E-state index is 12.7. The fourth-order valence-corrected chi connectivity index (χ4v) is 1.66. The number of nitrogens with two attached hydrogens (primary N) is 1. The van der Waals surface area contributed by atoms with Gasteiger partial charge in [-0.2, -0.15) is 0 Å². The fraction of sp³-hybridized carbons (Fsp3) is 0.400. The number of amides is 2. The summed E-state index contributed by atoms with van der Waals surface area (Å²) in [5, 5.41) is 6.04. The Morgan fingerprint density at radius 2 is 2.11 bits per heavy atom. The topological polar surface area (TPSA) is 84.2 Å². The molecule has 0 atom stereocenters. The maximum absolute atomic E-state index is 12.7. The molecule has 0 aromatic carbocycles. The lowest BCUT2D eigenvalue weighted by Crippen LogP contribution is -2.44. The van der Waals surface area contributed by atoms with Crippen LogP contribution < -0.4 is 16.4 Å². The maximum Gasteiger partial charge on any atom is 0.277 e. The Hall–Kier alpha value is -1.54. The molecule has 18 heavy (non-hydrogen) atoms. The number of rotatable bonds is 6. The van der Waals surface area contributed by atoms with Crippen LogP contribution in [0.4, 0.5) is 8.78 Å². The van der Waals surface area contributed by atoms with Crippen molar-refractivity contribution in [1.82, 2.24) is 10.6 Å². The Balaban J connectivity index is 2.28. The number of nitrogens with one attached hydrogen (secondary N) is 2. The molecular weight excluding hydrogens is 264 g/mol. The number of thiophene rings is 1. The summed E-state index contributed by atoms with van der Waals surface area (Å²) in [6.45, 7) is -2.02. The van der Waals surface area contributed by atoms with Crippen LogP contribution in [0.1, 0.15) is 9.67 Å². The van der Waals surface area contributed by atoms with Gasteiger partial charge in [0.1, 0.15) is 0 Å². The summed E-state index contributed by atoms with van der Waals surface area (Å²) in [5.41, 5.74) is 4.81. The molecule has 1 aromatic rings. The van der Waals surface area contributed by atoms with Crippen LogP contribution in [0.5, 0.6) is 0 Å². The van der Waals surface area contributed by atoms with Gasteiger partial charge in [0.25, 0.3) is 11.8 Å². The molecule has 0 saturated carbocycles. The van der Waals surface area contributed by atoms with E-state index in [4.69, 9.17) is 5.73 Å². The van der Waals surface area contributed by atoms with E-state index in [9.17, 15) is 18.4 Å². The first kappa shape index (κ1) is 14.5. The first-order valence-electron chi connectivity index (χ1n) is 5.11. The van der Waals surface area contributed by atoms with Crippen molar-refractivity contribution in [3.8, 4) is 0 Å². The second-order valence-corrected chi connectivity index (χ2v) is 4.44. The normalized spacial score (nSPS) is 11.1. The quantitative estimate of drug-likeness (QED) is 0.694. The van der Waals surface area contributed by atoms with Gasteiger partial charge in [0.15, 0.2) is 0 Å². The van der Waals surface area contributed by atoms with Gasteiger partial charge in [-0.3, -0.25) is 9.59 Å². The van der Waals surface area contributed by atoms with Gasteiger partial charge < -0.3 is 16.4 Å². The van der Waals surface area contributed by atoms with Crippen LogP contribution in [0.15, 0.2) is 17.5 Å². The van der Waals surface area contributed by atoms with E-state index in [1.54, 1.807) is 17.5 Å². The second-order valence-electron chi connectivity index (χ2n) is 3.50. The summed E-state index contributed by atoms with van der Waals surface area (Å²) in [6, 6.07) is 3.29. The van der Waals surface area contributed by atoms with Gasteiger partial charge in [-0.25, -0.2) is 8.78 Å². The van der Waals surface area contributed by atoms with Crippen molar-refractivity contribution >= 4 is 23.2 Å². The zero-order valence-corrected chi connectivity index (χ0v) is 10.2. The minimum absolute atomic E-state index is 0.350. The Kier molecular flexibility index (Phi) is 5.17. The Labute approximate surface area is 106 Å². The average Bonchev–Trinajstić information content (AvgIpc) is 2.87. The largest absolute Gasteiger partial charge is 0.348 e. The van der Waals surface area contributed by atoms with Crippen molar-refractivity contribution in [2.75, 3.05) is 19.6 Å². The van der Waals surface area contributed by atoms with E-state index in [-0.39, 0.29) is 6.54 Å². The SMILES string of the molecule is NCC(F)(F)CNC(=O)CNC(=O)c1cccs1. The molecule has 4 N–H and O–H groups in total. The van der Waals surface area contributed by atoms with Crippen LogP contribution in [0.25, 0.3) is 0 Å².